The van der Waals surface area contributed by atoms with Gasteiger partial charge >= 0.3 is 6.09 Å². The number of pyridine rings is 1. The average Bonchev–Trinajstić information content (AvgIpc) is 3.02. The largest absolute Gasteiger partial charge is 0.497 e. The van der Waals surface area contributed by atoms with Gasteiger partial charge in [0.05, 0.1) is 18.2 Å². The zero-order chi connectivity index (χ0) is 32.3. The third kappa shape index (κ3) is 7.03. The van der Waals surface area contributed by atoms with Crippen LogP contribution >= 0.6 is 0 Å². The van der Waals surface area contributed by atoms with Crippen LogP contribution in [-0.2, 0) is 13.1 Å². The van der Waals surface area contributed by atoms with Crippen LogP contribution in [0.15, 0.2) is 47.3 Å². The molecule has 0 bridgehead atoms. The fraction of sp³-hybridized carbons (Fsp3) is 0.500. The molecule has 1 aromatic heterocycles. The number of nitrogens with one attached hydrogen (secondary N) is 1. The lowest BCUT2D eigenvalue weighted by atomic mass is 9.78. The van der Waals surface area contributed by atoms with E-state index in [-0.39, 0.29) is 35.5 Å². The van der Waals surface area contributed by atoms with E-state index >= 15 is 0 Å². The van der Waals surface area contributed by atoms with Crippen molar-refractivity contribution >= 4 is 22.9 Å². The minimum Gasteiger partial charge on any atom is -0.497 e. The van der Waals surface area contributed by atoms with Crippen molar-refractivity contribution in [1.29, 1.82) is 0 Å². The lowest BCUT2D eigenvalue weighted by molar-refractivity contribution is 0.0131. The van der Waals surface area contributed by atoms with Crippen molar-refractivity contribution in [1.82, 2.24) is 19.7 Å². The summed E-state index contributed by atoms with van der Waals surface area (Å²) in [5.41, 5.74) is 1.44. The zero-order valence-corrected chi connectivity index (χ0v) is 26.8. The summed E-state index contributed by atoms with van der Waals surface area (Å²) in [4.78, 5) is 42.7. The van der Waals surface area contributed by atoms with Crippen molar-refractivity contribution in [2.45, 2.75) is 65.7 Å². The number of fused-ring (bicyclic) bond motifs is 2. The number of ether oxygens (including phenoxy) is 3. The van der Waals surface area contributed by atoms with Crippen LogP contribution in [0.25, 0.3) is 10.9 Å². The molecule has 45 heavy (non-hydrogen) atoms. The van der Waals surface area contributed by atoms with Crippen LogP contribution in [0, 0.1) is 5.41 Å². The highest BCUT2D eigenvalue weighted by Gasteiger charge is 2.39. The van der Waals surface area contributed by atoms with Gasteiger partial charge in [-0.2, -0.15) is 0 Å². The molecule has 1 saturated heterocycles. The predicted octanol–water partition coefficient (Wildman–Crippen LogP) is 4.59. The topological polar surface area (TPSA) is 123 Å². The molecule has 242 valence electrons. The molecule has 2 aliphatic heterocycles. The summed E-state index contributed by atoms with van der Waals surface area (Å²) >= 11 is 0. The van der Waals surface area contributed by atoms with E-state index in [0.717, 1.165) is 5.56 Å². The van der Waals surface area contributed by atoms with Crippen LogP contribution in [0.5, 0.6) is 17.2 Å². The van der Waals surface area contributed by atoms with Gasteiger partial charge in [0.15, 0.2) is 11.5 Å². The maximum atomic E-state index is 13.4. The summed E-state index contributed by atoms with van der Waals surface area (Å²) in [6.45, 7) is 11.7. The molecule has 2 aliphatic rings. The Hall–Kier alpha value is -4.25. The predicted molar refractivity (Wildman–Crippen MR) is 172 cm³/mol. The van der Waals surface area contributed by atoms with Crippen molar-refractivity contribution in [3.05, 3.63) is 63.9 Å². The first kappa shape index (κ1) is 32.2. The van der Waals surface area contributed by atoms with Crippen LogP contribution in [0.2, 0.25) is 0 Å². The Morgan fingerprint density at radius 3 is 2.51 bits per heavy atom. The third-order valence-corrected chi connectivity index (χ3v) is 8.84. The van der Waals surface area contributed by atoms with Crippen LogP contribution < -0.4 is 25.1 Å². The maximum absolute atomic E-state index is 13.4. The highest BCUT2D eigenvalue weighted by molar-refractivity contribution is 6.06. The summed E-state index contributed by atoms with van der Waals surface area (Å²) in [7, 11) is 1.57. The Balaban J connectivity index is 1.37. The number of carbonyl (C=O) groups excluding carboxylic acids is 1. The number of likely N-dealkylation sites (tertiary alicyclic amines) is 1. The number of carboxylic acid groups (broad SMARTS) is 1. The van der Waals surface area contributed by atoms with E-state index < -0.39 is 6.09 Å². The molecule has 0 spiro atoms. The van der Waals surface area contributed by atoms with Crippen LogP contribution in [-0.4, -0.2) is 83.5 Å². The molecule has 5 rings (SSSR count). The standard InChI is InChI=1S/C34H44N4O7/c1-6-35-32(40)26-20-31(39)37(27-19-24(43-5)8-9-25(26)27)14-13-36-12-11-23(18-30(36)34(2,3)4)38(33(41)42)21-22-7-10-28-29(17-22)45-16-15-44-28/h7-10,17,19-20,23,30H,6,11-16,18,21H2,1-5H3,(H,35,40)(H,41,42). The van der Waals surface area contributed by atoms with Crippen molar-refractivity contribution in [2.75, 3.05) is 40.0 Å². The van der Waals surface area contributed by atoms with Crippen LogP contribution in [0.3, 0.4) is 0 Å². The minimum absolute atomic E-state index is 0.0736. The summed E-state index contributed by atoms with van der Waals surface area (Å²) in [5.74, 6) is 1.64. The molecule has 1 fully saturated rings. The summed E-state index contributed by atoms with van der Waals surface area (Å²) in [6.07, 6.45) is 0.387. The van der Waals surface area contributed by atoms with Crippen molar-refractivity contribution in [2.24, 2.45) is 5.41 Å². The number of hydrogen-bond donors (Lipinski definition) is 2. The lowest BCUT2D eigenvalue weighted by Crippen LogP contribution is -2.55. The monoisotopic (exact) mass is 620 g/mol. The van der Waals surface area contributed by atoms with Gasteiger partial charge in [-0.3, -0.25) is 14.5 Å². The number of carbonyl (C=O) groups is 2. The number of nitrogens with zero attached hydrogens (tertiary/aromatic N) is 3. The maximum Gasteiger partial charge on any atom is 0.407 e. The van der Waals surface area contributed by atoms with E-state index in [1.165, 1.54) is 6.07 Å². The van der Waals surface area contributed by atoms with Gasteiger partial charge in [-0.25, -0.2) is 4.79 Å². The summed E-state index contributed by atoms with van der Waals surface area (Å²) in [6, 6.07) is 12.3. The molecular weight excluding hydrogens is 576 g/mol. The van der Waals surface area contributed by atoms with Gasteiger partial charge in [0, 0.05) is 62.3 Å². The molecule has 2 amide bonds. The molecule has 0 aliphatic carbocycles. The fourth-order valence-corrected chi connectivity index (χ4v) is 6.57. The van der Waals surface area contributed by atoms with Crippen molar-refractivity contribution < 1.29 is 28.9 Å². The molecule has 11 nitrogen and oxygen atoms in total. The molecule has 0 radical (unpaired) electrons. The Kier molecular flexibility index (Phi) is 9.57. The Labute approximate surface area is 263 Å². The van der Waals surface area contributed by atoms with Crippen LogP contribution in [0.4, 0.5) is 4.79 Å². The minimum atomic E-state index is -0.949. The molecular formula is C34H44N4O7. The van der Waals surface area contributed by atoms with Gasteiger partial charge < -0.3 is 34.1 Å². The Morgan fingerprint density at radius 1 is 1.07 bits per heavy atom. The molecule has 2 unspecified atom stereocenters. The number of aromatic nitrogens is 1. The molecule has 3 heterocycles. The molecule has 11 heteroatoms. The van der Waals surface area contributed by atoms with E-state index in [0.29, 0.717) is 85.9 Å². The second-order valence-corrected chi connectivity index (χ2v) is 12.8. The first-order valence-electron chi connectivity index (χ1n) is 15.6. The highest BCUT2D eigenvalue weighted by atomic mass is 16.6. The highest BCUT2D eigenvalue weighted by Crippen LogP contribution is 2.36. The number of benzene rings is 2. The van der Waals surface area contributed by atoms with Crippen molar-refractivity contribution in [3.63, 3.8) is 0 Å². The fourth-order valence-electron chi connectivity index (χ4n) is 6.57. The molecule has 2 atom stereocenters. The van der Waals surface area contributed by atoms with Gasteiger partial charge in [-0.1, -0.05) is 26.8 Å². The smallest absolute Gasteiger partial charge is 0.407 e. The van der Waals surface area contributed by atoms with E-state index in [4.69, 9.17) is 14.2 Å². The number of amides is 2. The second kappa shape index (κ2) is 13.4. The average molecular weight is 621 g/mol. The van der Waals surface area contributed by atoms with Gasteiger partial charge in [-0.15, -0.1) is 0 Å². The SMILES string of the molecule is CCNC(=O)c1cc(=O)n(CCN2CCC(N(Cc3ccc4c(c3)OCCO4)C(=O)O)CC2C(C)(C)C)c2cc(OC)ccc12. The summed E-state index contributed by atoms with van der Waals surface area (Å²) in [5, 5.41) is 13.8. The van der Waals surface area contributed by atoms with E-state index in [1.54, 1.807) is 28.7 Å². The van der Waals surface area contributed by atoms with Crippen molar-refractivity contribution in [3.8, 4) is 17.2 Å². The first-order chi connectivity index (χ1) is 21.5. The molecule has 2 N–H and O–H groups in total. The third-order valence-electron chi connectivity index (χ3n) is 8.84. The van der Waals surface area contributed by atoms with Gasteiger partial charge in [0.25, 0.3) is 11.5 Å². The molecule has 3 aromatic rings. The van der Waals surface area contributed by atoms with E-state index in [2.05, 4.69) is 31.0 Å². The quantitative estimate of drug-likeness (QED) is 0.356. The zero-order valence-electron chi connectivity index (χ0n) is 26.8. The normalized spacial score (nSPS) is 18.4. The van der Waals surface area contributed by atoms with E-state index in [9.17, 15) is 19.5 Å². The number of piperidine rings is 1. The molecule has 2 aromatic carbocycles. The Bertz CT molecular complexity index is 1610. The second-order valence-electron chi connectivity index (χ2n) is 12.8. The number of hydrogen-bond acceptors (Lipinski definition) is 7. The molecule has 0 saturated carbocycles. The summed E-state index contributed by atoms with van der Waals surface area (Å²) < 4.78 is 18.5. The number of rotatable bonds is 9. The van der Waals surface area contributed by atoms with Gasteiger partial charge in [0.2, 0.25) is 0 Å². The van der Waals surface area contributed by atoms with Crippen LogP contribution in [0.1, 0.15) is 56.5 Å². The van der Waals surface area contributed by atoms with Gasteiger partial charge in [-0.05, 0) is 55.0 Å². The first-order valence-corrected chi connectivity index (χ1v) is 15.6. The van der Waals surface area contributed by atoms with Gasteiger partial charge in [0.1, 0.15) is 19.0 Å². The lowest BCUT2D eigenvalue weighted by Gasteiger charge is -2.48. The Morgan fingerprint density at radius 2 is 1.82 bits per heavy atom. The van der Waals surface area contributed by atoms with E-state index in [1.807, 2.05) is 31.2 Å². The number of methoxy groups -OCH3 is 1.